The van der Waals surface area contributed by atoms with E-state index in [9.17, 15) is 34.5 Å². The van der Waals surface area contributed by atoms with Crippen LogP contribution in [-0.2, 0) is 19.2 Å². The molecule has 0 fully saturated rings. The van der Waals surface area contributed by atoms with Gasteiger partial charge in [-0.25, -0.2) is 0 Å². The van der Waals surface area contributed by atoms with E-state index in [-0.39, 0.29) is 0 Å². The maximum atomic E-state index is 10.5. The van der Waals surface area contributed by atoms with Gasteiger partial charge in [0.1, 0.15) is 11.6 Å². The Balaban J connectivity index is 4.81. The zero-order valence-electron chi connectivity index (χ0n) is 7.22. The number of Topliss-reactive ketones (excluding diaryl/α,β-unsaturated/α-hetero) is 1. The van der Waals surface area contributed by atoms with Crippen LogP contribution in [0.5, 0.6) is 0 Å². The summed E-state index contributed by atoms with van der Waals surface area (Å²) in [6, 6.07) is 0. The number of carbonyl (C=O) groups is 4. The van der Waals surface area contributed by atoms with Crippen molar-refractivity contribution < 1.29 is 39.6 Å². The molecular formula is C7H5O8-3. The van der Waals surface area contributed by atoms with E-state index in [2.05, 4.69) is 0 Å². The van der Waals surface area contributed by atoms with Gasteiger partial charge in [-0.3, -0.25) is 4.79 Å². The van der Waals surface area contributed by atoms with E-state index in [1.165, 1.54) is 0 Å². The van der Waals surface area contributed by atoms with Crippen LogP contribution in [0.1, 0.15) is 12.8 Å². The molecule has 84 valence electrons. The van der Waals surface area contributed by atoms with Crippen LogP contribution in [0.3, 0.4) is 0 Å². The lowest BCUT2D eigenvalue weighted by Gasteiger charge is -2.28. The molecule has 0 aliphatic rings. The van der Waals surface area contributed by atoms with Crippen molar-refractivity contribution in [3.63, 3.8) is 0 Å². The van der Waals surface area contributed by atoms with Crippen LogP contribution in [0.4, 0.5) is 0 Å². The average Bonchev–Trinajstić information content (AvgIpc) is 2.01. The molecule has 0 heterocycles. The number of aliphatic hydroxyl groups is 1. The van der Waals surface area contributed by atoms with E-state index < -0.39 is 42.1 Å². The molecule has 0 amide bonds. The first-order valence-electron chi connectivity index (χ1n) is 3.57. The minimum atomic E-state index is -3.10. The Labute approximate surface area is 82.8 Å². The van der Waals surface area contributed by atoms with Gasteiger partial charge >= 0.3 is 0 Å². The third kappa shape index (κ3) is 3.73. The molecule has 0 saturated heterocycles. The monoisotopic (exact) mass is 217 g/mol. The molecule has 0 bridgehead atoms. The fourth-order valence-electron chi connectivity index (χ4n) is 0.783. The molecule has 1 N–H and O–H groups in total. The second kappa shape index (κ2) is 4.51. The molecule has 15 heavy (non-hydrogen) atoms. The Morgan fingerprint density at radius 3 is 1.73 bits per heavy atom. The van der Waals surface area contributed by atoms with E-state index in [4.69, 9.17) is 5.11 Å². The Morgan fingerprint density at radius 1 is 1.00 bits per heavy atom. The van der Waals surface area contributed by atoms with Gasteiger partial charge in [0.15, 0.2) is 5.78 Å². The van der Waals surface area contributed by atoms with E-state index >= 15 is 0 Å². The van der Waals surface area contributed by atoms with Gasteiger partial charge in [0, 0.05) is 18.8 Å². The van der Waals surface area contributed by atoms with Crippen molar-refractivity contribution in [1.82, 2.24) is 0 Å². The molecule has 0 radical (unpaired) electrons. The van der Waals surface area contributed by atoms with Crippen molar-refractivity contribution in [3.05, 3.63) is 0 Å². The number of hydrogen-bond acceptors (Lipinski definition) is 8. The summed E-state index contributed by atoms with van der Waals surface area (Å²) in [6.07, 6.45) is -2.90. The van der Waals surface area contributed by atoms with Crippen molar-refractivity contribution in [2.45, 2.75) is 18.4 Å². The van der Waals surface area contributed by atoms with Crippen molar-refractivity contribution in [2.75, 3.05) is 0 Å². The van der Waals surface area contributed by atoms with E-state index in [1.807, 2.05) is 0 Å². The van der Waals surface area contributed by atoms with Crippen molar-refractivity contribution >= 4 is 23.7 Å². The molecular weight excluding hydrogens is 212 g/mol. The largest absolute Gasteiger partial charge is 0.550 e. The quantitative estimate of drug-likeness (QED) is 0.431. The van der Waals surface area contributed by atoms with E-state index in [0.717, 1.165) is 0 Å². The molecule has 8 nitrogen and oxygen atoms in total. The Bertz CT molecular complexity index is 319. The second-order valence-electron chi connectivity index (χ2n) is 2.76. The van der Waals surface area contributed by atoms with Gasteiger partial charge in [-0.05, 0) is 0 Å². The highest BCUT2D eigenvalue weighted by atomic mass is 16.4. The standard InChI is InChI=1S/C7H8O8/c8-3(5(11)12)1-7(15,6(13)14)2-4(9)10/h15H,1-2H2,(H,9,10)(H,11,12)(H,13,14)/p-3. The predicted octanol–water partition coefficient (Wildman–Crippen LogP) is -5.68. The number of hydrogen-bond donors (Lipinski definition) is 1. The molecule has 0 spiro atoms. The zero-order valence-corrected chi connectivity index (χ0v) is 7.22. The molecule has 8 heteroatoms. The van der Waals surface area contributed by atoms with Crippen LogP contribution in [0.2, 0.25) is 0 Å². The lowest BCUT2D eigenvalue weighted by Crippen LogP contribution is -2.54. The zero-order chi connectivity index (χ0) is 12.2. The van der Waals surface area contributed by atoms with Crippen LogP contribution < -0.4 is 15.3 Å². The summed E-state index contributed by atoms with van der Waals surface area (Å²) in [5.41, 5.74) is -3.10. The predicted molar refractivity (Wildman–Crippen MR) is 34.2 cm³/mol. The van der Waals surface area contributed by atoms with Crippen LogP contribution >= 0.6 is 0 Å². The third-order valence-corrected chi connectivity index (χ3v) is 1.50. The van der Waals surface area contributed by atoms with Crippen molar-refractivity contribution in [2.24, 2.45) is 0 Å². The summed E-state index contributed by atoms with van der Waals surface area (Å²) >= 11 is 0. The van der Waals surface area contributed by atoms with Crippen molar-refractivity contribution in [3.8, 4) is 0 Å². The lowest BCUT2D eigenvalue weighted by molar-refractivity contribution is -0.333. The highest BCUT2D eigenvalue weighted by molar-refractivity contribution is 6.32. The number of aliphatic carboxylic acids is 3. The number of carboxylic acid groups (broad SMARTS) is 3. The SMILES string of the molecule is O=C([O-])CC(O)(CC(=O)C(=O)[O-])C(=O)[O-]. The topological polar surface area (TPSA) is 158 Å². The van der Waals surface area contributed by atoms with Crippen LogP contribution in [-0.4, -0.2) is 34.4 Å². The lowest BCUT2D eigenvalue weighted by atomic mass is 9.93. The minimum absolute atomic E-state index is 1.45. The van der Waals surface area contributed by atoms with Crippen molar-refractivity contribution in [1.29, 1.82) is 0 Å². The fourth-order valence-corrected chi connectivity index (χ4v) is 0.783. The van der Waals surface area contributed by atoms with Gasteiger partial charge in [-0.15, -0.1) is 0 Å². The first-order valence-corrected chi connectivity index (χ1v) is 3.57. The molecule has 1 atom stereocenters. The highest BCUT2D eigenvalue weighted by Gasteiger charge is 2.32. The maximum Gasteiger partial charge on any atom is 0.181 e. The van der Waals surface area contributed by atoms with E-state index in [1.54, 1.807) is 0 Å². The summed E-state index contributed by atoms with van der Waals surface area (Å²) in [5.74, 6) is -8.22. The fraction of sp³-hybridized carbons (Fsp3) is 0.429. The summed E-state index contributed by atoms with van der Waals surface area (Å²) in [4.78, 5) is 40.8. The first-order chi connectivity index (χ1) is 6.69. The maximum absolute atomic E-state index is 10.5. The summed E-state index contributed by atoms with van der Waals surface area (Å²) < 4.78 is 0. The van der Waals surface area contributed by atoms with Gasteiger partial charge in [-0.1, -0.05) is 0 Å². The number of ketones is 1. The molecule has 0 saturated carbocycles. The van der Waals surface area contributed by atoms with Crippen LogP contribution in [0.15, 0.2) is 0 Å². The second-order valence-corrected chi connectivity index (χ2v) is 2.76. The molecule has 0 aliphatic carbocycles. The Kier molecular flexibility index (Phi) is 3.92. The van der Waals surface area contributed by atoms with Crippen LogP contribution in [0, 0.1) is 0 Å². The first kappa shape index (κ1) is 13.0. The molecule has 0 rings (SSSR count). The van der Waals surface area contributed by atoms with Crippen LogP contribution in [0.25, 0.3) is 0 Å². The Hall–Kier alpha value is -1.96. The number of carbonyl (C=O) groups excluding carboxylic acids is 4. The smallest absolute Gasteiger partial charge is 0.181 e. The normalized spacial score (nSPS) is 13.9. The molecule has 0 aromatic carbocycles. The highest BCUT2D eigenvalue weighted by Crippen LogP contribution is 2.14. The average molecular weight is 217 g/mol. The van der Waals surface area contributed by atoms with Gasteiger partial charge in [0.2, 0.25) is 0 Å². The third-order valence-electron chi connectivity index (χ3n) is 1.50. The molecule has 1 unspecified atom stereocenters. The molecule has 0 aliphatic heterocycles. The molecule has 0 aromatic rings. The van der Waals surface area contributed by atoms with Gasteiger partial charge in [0.05, 0.1) is 5.97 Å². The molecule has 0 aromatic heterocycles. The van der Waals surface area contributed by atoms with E-state index in [0.29, 0.717) is 0 Å². The summed E-state index contributed by atoms with van der Waals surface area (Å²) in [5, 5.41) is 39.4. The Morgan fingerprint density at radius 2 is 1.47 bits per heavy atom. The number of rotatable bonds is 6. The minimum Gasteiger partial charge on any atom is -0.550 e. The summed E-state index contributed by atoms with van der Waals surface area (Å²) in [6.45, 7) is 0. The summed E-state index contributed by atoms with van der Waals surface area (Å²) in [7, 11) is 0. The van der Waals surface area contributed by atoms with Gasteiger partial charge in [0.25, 0.3) is 0 Å². The van der Waals surface area contributed by atoms with Gasteiger partial charge < -0.3 is 34.8 Å². The van der Waals surface area contributed by atoms with Gasteiger partial charge in [-0.2, -0.15) is 0 Å². The number of carboxylic acids is 3.